The SMILES string of the molecule is CCCCC/C=C\C/C=C\CCCCCCCCCCCCCCCCCC(=O)OC(/C=C\CCCCCCCCCCCC)C(COP(=O)([O-])OCC[N+](C)(C)C)NC(=O)CCCCC/C=C\CCCCCCCCC. The molecule has 0 spiro atoms. The summed E-state index contributed by atoms with van der Waals surface area (Å²) in [5.41, 5.74) is 0. The Morgan fingerprint density at radius 2 is 0.792 bits per heavy atom. The van der Waals surface area contributed by atoms with Crippen LogP contribution in [0.4, 0.5) is 0 Å². The molecule has 0 aliphatic heterocycles. The van der Waals surface area contributed by atoms with E-state index in [1.807, 2.05) is 33.3 Å². The maximum absolute atomic E-state index is 13.5. The Bertz CT molecular complexity index is 1460. The highest BCUT2D eigenvalue weighted by Gasteiger charge is 2.27. The van der Waals surface area contributed by atoms with Crippen LogP contribution in [0, 0.1) is 0 Å². The van der Waals surface area contributed by atoms with Crippen LogP contribution in [0.5, 0.6) is 0 Å². The fourth-order valence-electron chi connectivity index (χ4n) is 9.61. The Kier molecular flexibility index (Phi) is 55.7. The number of allylic oxidation sites excluding steroid dienone is 7. The highest BCUT2D eigenvalue weighted by atomic mass is 31.2. The summed E-state index contributed by atoms with van der Waals surface area (Å²) in [4.78, 5) is 40.0. The fourth-order valence-corrected chi connectivity index (χ4v) is 10.3. The van der Waals surface area contributed by atoms with E-state index in [2.05, 4.69) is 62.5 Å². The summed E-state index contributed by atoms with van der Waals surface area (Å²) in [7, 11) is 1.18. The zero-order chi connectivity index (χ0) is 56.4. The van der Waals surface area contributed by atoms with Crippen molar-refractivity contribution >= 4 is 19.7 Å². The van der Waals surface area contributed by atoms with Crippen LogP contribution in [0.2, 0.25) is 0 Å². The molecule has 0 saturated carbocycles. The van der Waals surface area contributed by atoms with Gasteiger partial charge in [0.2, 0.25) is 5.91 Å². The summed E-state index contributed by atoms with van der Waals surface area (Å²) < 4.78 is 30.3. The first-order valence-corrected chi connectivity index (χ1v) is 34.4. The molecule has 77 heavy (non-hydrogen) atoms. The van der Waals surface area contributed by atoms with E-state index >= 15 is 0 Å². The van der Waals surface area contributed by atoms with Crippen LogP contribution in [0.15, 0.2) is 48.6 Å². The van der Waals surface area contributed by atoms with Crippen molar-refractivity contribution in [3.63, 3.8) is 0 Å². The predicted octanol–water partition coefficient (Wildman–Crippen LogP) is 19.8. The molecule has 10 heteroatoms. The number of carbonyl (C=O) groups is 2. The molecule has 0 saturated heterocycles. The Balaban J connectivity index is 5.08. The number of amides is 1. The van der Waals surface area contributed by atoms with Gasteiger partial charge in [0.25, 0.3) is 7.82 Å². The molecule has 0 aliphatic rings. The molecule has 1 N–H and O–H groups in total. The molecule has 1 amide bonds. The highest BCUT2D eigenvalue weighted by molar-refractivity contribution is 7.45. The molecule has 9 nitrogen and oxygen atoms in total. The number of hydrogen-bond donors (Lipinski definition) is 1. The second-order valence-electron chi connectivity index (χ2n) is 23.6. The first-order chi connectivity index (χ1) is 37.4. The summed E-state index contributed by atoms with van der Waals surface area (Å²) in [5, 5.41) is 3.02. The minimum absolute atomic E-state index is 0.0238. The van der Waals surface area contributed by atoms with E-state index in [0.717, 1.165) is 77.0 Å². The van der Waals surface area contributed by atoms with E-state index in [4.69, 9.17) is 13.8 Å². The van der Waals surface area contributed by atoms with Crippen molar-refractivity contribution in [1.82, 2.24) is 5.32 Å². The van der Waals surface area contributed by atoms with Gasteiger partial charge in [0.05, 0.1) is 33.8 Å². The number of rotatable bonds is 60. The lowest BCUT2D eigenvalue weighted by molar-refractivity contribution is -0.870. The van der Waals surface area contributed by atoms with Gasteiger partial charge in [-0.3, -0.25) is 14.2 Å². The Morgan fingerprint density at radius 1 is 0.455 bits per heavy atom. The van der Waals surface area contributed by atoms with Crippen molar-refractivity contribution in [2.24, 2.45) is 0 Å². The van der Waals surface area contributed by atoms with Crippen molar-refractivity contribution in [2.75, 3.05) is 40.9 Å². The number of ether oxygens (including phenoxy) is 1. The van der Waals surface area contributed by atoms with Crippen LogP contribution in [-0.2, 0) is 27.9 Å². The van der Waals surface area contributed by atoms with Crippen molar-refractivity contribution in [3.05, 3.63) is 48.6 Å². The molecule has 0 aromatic carbocycles. The minimum atomic E-state index is -4.70. The third kappa shape index (κ3) is 58.4. The van der Waals surface area contributed by atoms with Gasteiger partial charge >= 0.3 is 5.97 Å². The molecule has 452 valence electrons. The standard InChI is InChI=1S/C67H127N2O7P/c1-7-10-13-16-19-22-25-28-30-31-32-33-34-35-36-37-38-39-40-42-45-48-51-54-57-60-67(71)76-65(58-55-52-49-46-43-27-24-21-18-15-12-9-3)64(63-75-77(72,73)74-62-61-69(4,5)6)68-66(70)59-56-53-50-47-44-41-29-26-23-20-17-14-11-8-2/h19,22,28,30,41,44,55,58,64-65H,7-18,20-21,23-27,29,31-40,42-43,45-54,56-57,59-63H2,1-6H3,(H-,68,70,72,73)/b22-19-,30-28-,44-41-,58-55-. The molecule has 0 rings (SSSR count). The van der Waals surface area contributed by atoms with Gasteiger partial charge in [-0.2, -0.15) is 0 Å². The number of hydrogen-bond acceptors (Lipinski definition) is 7. The van der Waals surface area contributed by atoms with Crippen LogP contribution in [-0.4, -0.2) is 69.4 Å². The van der Waals surface area contributed by atoms with Gasteiger partial charge in [0.15, 0.2) is 0 Å². The summed E-state index contributed by atoms with van der Waals surface area (Å²) in [6.07, 6.45) is 70.9. The molecule has 0 aromatic rings. The number of quaternary nitrogens is 1. The van der Waals surface area contributed by atoms with Gasteiger partial charge in [-0.05, 0) is 89.5 Å². The Hall–Kier alpha value is -2.03. The molecule has 0 heterocycles. The maximum Gasteiger partial charge on any atom is 0.306 e. The zero-order valence-corrected chi connectivity index (χ0v) is 52.6. The number of nitrogens with one attached hydrogen (secondary N) is 1. The second kappa shape index (κ2) is 57.2. The average molecular weight is 1100 g/mol. The number of carbonyl (C=O) groups excluding carboxylic acids is 2. The van der Waals surface area contributed by atoms with Crippen LogP contribution < -0.4 is 10.2 Å². The Labute approximate surface area is 478 Å². The molecule has 3 atom stereocenters. The van der Waals surface area contributed by atoms with E-state index in [-0.39, 0.29) is 24.9 Å². The van der Waals surface area contributed by atoms with E-state index < -0.39 is 26.6 Å². The van der Waals surface area contributed by atoms with Crippen molar-refractivity contribution in [1.29, 1.82) is 0 Å². The highest BCUT2D eigenvalue weighted by Crippen LogP contribution is 2.38. The minimum Gasteiger partial charge on any atom is -0.756 e. The zero-order valence-electron chi connectivity index (χ0n) is 51.7. The third-order valence-electron chi connectivity index (χ3n) is 14.7. The summed E-state index contributed by atoms with van der Waals surface area (Å²) in [6.45, 7) is 6.83. The molecule has 0 bridgehead atoms. The van der Waals surface area contributed by atoms with Crippen molar-refractivity contribution < 1.29 is 37.3 Å². The van der Waals surface area contributed by atoms with Crippen LogP contribution in [0.3, 0.4) is 0 Å². The molecule has 0 fully saturated rings. The summed E-state index contributed by atoms with van der Waals surface area (Å²) in [5.74, 6) is -0.549. The van der Waals surface area contributed by atoms with Gasteiger partial charge in [0, 0.05) is 12.8 Å². The number of likely N-dealkylation sites (N-methyl/N-ethyl adjacent to an activating group) is 1. The summed E-state index contributed by atoms with van der Waals surface area (Å²) in [6, 6.07) is -0.894. The number of esters is 1. The normalized spacial score (nSPS) is 13.9. The fraction of sp³-hybridized carbons (Fsp3) is 0.851. The van der Waals surface area contributed by atoms with E-state index in [1.165, 1.54) is 205 Å². The first-order valence-electron chi connectivity index (χ1n) is 32.9. The van der Waals surface area contributed by atoms with E-state index in [0.29, 0.717) is 17.4 Å². The van der Waals surface area contributed by atoms with Crippen LogP contribution in [0.25, 0.3) is 0 Å². The predicted molar refractivity (Wildman–Crippen MR) is 330 cm³/mol. The third-order valence-corrected chi connectivity index (χ3v) is 15.7. The lowest BCUT2D eigenvalue weighted by Crippen LogP contribution is -2.47. The van der Waals surface area contributed by atoms with Gasteiger partial charge in [-0.15, -0.1) is 0 Å². The number of unbranched alkanes of at least 4 members (excludes halogenated alkanes) is 38. The maximum atomic E-state index is 13.5. The number of phosphoric acid groups is 1. The monoisotopic (exact) mass is 1100 g/mol. The molecule has 0 radical (unpaired) electrons. The molecule has 0 aromatic heterocycles. The molecular weight excluding hydrogens is 976 g/mol. The number of nitrogens with zero attached hydrogens (tertiary/aromatic N) is 1. The van der Waals surface area contributed by atoms with Gasteiger partial charge in [0.1, 0.15) is 19.3 Å². The van der Waals surface area contributed by atoms with Crippen molar-refractivity contribution in [2.45, 2.75) is 328 Å². The molecule has 0 aliphatic carbocycles. The topological polar surface area (TPSA) is 114 Å². The van der Waals surface area contributed by atoms with Crippen LogP contribution >= 0.6 is 7.82 Å². The smallest absolute Gasteiger partial charge is 0.306 e. The van der Waals surface area contributed by atoms with Gasteiger partial charge in [-0.1, -0.05) is 262 Å². The van der Waals surface area contributed by atoms with Gasteiger partial charge < -0.3 is 28.5 Å². The lowest BCUT2D eigenvalue weighted by Gasteiger charge is -2.30. The second-order valence-corrected chi connectivity index (χ2v) is 25.0. The largest absolute Gasteiger partial charge is 0.756 e. The molecule has 3 unspecified atom stereocenters. The average Bonchev–Trinajstić information content (AvgIpc) is 3.39. The summed E-state index contributed by atoms with van der Waals surface area (Å²) >= 11 is 0. The number of phosphoric ester groups is 1. The Morgan fingerprint density at radius 3 is 1.22 bits per heavy atom. The van der Waals surface area contributed by atoms with Crippen LogP contribution in [0.1, 0.15) is 316 Å². The lowest BCUT2D eigenvalue weighted by atomic mass is 10.0. The van der Waals surface area contributed by atoms with E-state index in [9.17, 15) is 19.0 Å². The van der Waals surface area contributed by atoms with E-state index in [1.54, 1.807) is 0 Å². The molecular formula is C67H127N2O7P. The van der Waals surface area contributed by atoms with Gasteiger partial charge in [-0.25, -0.2) is 0 Å². The first kappa shape index (κ1) is 75.0. The quantitative estimate of drug-likeness (QED) is 0.0212. The van der Waals surface area contributed by atoms with Crippen molar-refractivity contribution in [3.8, 4) is 0 Å².